The molecule has 1 aromatic carbocycles. The van der Waals surface area contributed by atoms with Crippen molar-refractivity contribution in [2.75, 3.05) is 39.4 Å². The van der Waals surface area contributed by atoms with Gasteiger partial charge in [0, 0.05) is 32.6 Å². The fourth-order valence-corrected chi connectivity index (χ4v) is 4.57. The Hall–Kier alpha value is -1.43. The fourth-order valence-electron chi connectivity index (χ4n) is 4.57. The summed E-state index contributed by atoms with van der Waals surface area (Å²) in [6.45, 7) is 4.41. The van der Waals surface area contributed by atoms with Crippen LogP contribution in [0.1, 0.15) is 24.0 Å². The minimum absolute atomic E-state index is 0.0967. The van der Waals surface area contributed by atoms with E-state index in [9.17, 15) is 9.90 Å². The van der Waals surface area contributed by atoms with Gasteiger partial charge in [0.05, 0.1) is 25.4 Å². The highest BCUT2D eigenvalue weighted by molar-refractivity contribution is 5.76. The van der Waals surface area contributed by atoms with Crippen LogP contribution < -0.4 is 0 Å². The number of benzene rings is 1. The molecule has 25 heavy (non-hydrogen) atoms. The van der Waals surface area contributed by atoms with E-state index in [0.717, 1.165) is 45.4 Å². The average molecular weight is 344 g/mol. The molecule has 0 bridgehead atoms. The van der Waals surface area contributed by atoms with Crippen LogP contribution in [0.25, 0.3) is 0 Å². The standard InChI is InChI=1S/C20H28N2O3/c23-19-14-25-13-18(19)21-6-3-7-22(9-8-21)20(24)12-15-10-16-4-1-2-5-17(16)11-15/h1-2,4-5,15,18-19,23H,3,6-14H2. The highest BCUT2D eigenvalue weighted by Gasteiger charge is 2.33. The maximum Gasteiger partial charge on any atom is 0.222 e. The fraction of sp³-hybridized carbons (Fsp3) is 0.650. The second kappa shape index (κ2) is 7.44. The molecule has 1 amide bonds. The lowest BCUT2D eigenvalue weighted by atomic mass is 10.0. The molecule has 0 saturated carbocycles. The van der Waals surface area contributed by atoms with Crippen molar-refractivity contribution in [1.29, 1.82) is 0 Å². The number of ether oxygens (including phenoxy) is 1. The minimum Gasteiger partial charge on any atom is -0.389 e. The monoisotopic (exact) mass is 344 g/mol. The van der Waals surface area contributed by atoms with Crippen LogP contribution in [0.3, 0.4) is 0 Å². The van der Waals surface area contributed by atoms with Gasteiger partial charge in [0.25, 0.3) is 0 Å². The Morgan fingerprint density at radius 3 is 2.52 bits per heavy atom. The van der Waals surface area contributed by atoms with Gasteiger partial charge in [-0.1, -0.05) is 24.3 Å². The van der Waals surface area contributed by atoms with E-state index in [1.807, 2.05) is 4.90 Å². The zero-order chi connectivity index (χ0) is 17.2. The van der Waals surface area contributed by atoms with Gasteiger partial charge in [-0.05, 0) is 36.3 Å². The number of hydrogen-bond donors (Lipinski definition) is 1. The average Bonchev–Trinajstić information content (AvgIpc) is 3.12. The summed E-state index contributed by atoms with van der Waals surface area (Å²) < 4.78 is 5.38. The Labute approximate surface area is 149 Å². The first kappa shape index (κ1) is 17.0. The van der Waals surface area contributed by atoms with Crippen molar-refractivity contribution < 1.29 is 14.6 Å². The Kier molecular flexibility index (Phi) is 5.06. The van der Waals surface area contributed by atoms with Crippen LogP contribution in [0, 0.1) is 5.92 Å². The number of nitrogens with zero attached hydrogens (tertiary/aromatic N) is 2. The van der Waals surface area contributed by atoms with Gasteiger partial charge in [-0.25, -0.2) is 0 Å². The number of amides is 1. The topological polar surface area (TPSA) is 53.0 Å². The summed E-state index contributed by atoms with van der Waals surface area (Å²) in [6, 6.07) is 8.66. The molecule has 5 heteroatoms. The van der Waals surface area contributed by atoms with E-state index < -0.39 is 0 Å². The van der Waals surface area contributed by atoms with E-state index >= 15 is 0 Å². The second-order valence-electron chi connectivity index (χ2n) is 7.69. The summed E-state index contributed by atoms with van der Waals surface area (Å²) in [7, 11) is 0. The molecule has 2 unspecified atom stereocenters. The normalized spacial score (nSPS) is 28.1. The number of carbonyl (C=O) groups is 1. The van der Waals surface area contributed by atoms with Crippen molar-refractivity contribution in [3.63, 3.8) is 0 Å². The van der Waals surface area contributed by atoms with Gasteiger partial charge < -0.3 is 14.7 Å². The molecule has 1 aromatic rings. The summed E-state index contributed by atoms with van der Waals surface area (Å²) >= 11 is 0. The third-order valence-electron chi connectivity index (χ3n) is 5.97. The summed E-state index contributed by atoms with van der Waals surface area (Å²) in [6.07, 6.45) is 3.31. The van der Waals surface area contributed by atoms with E-state index in [1.54, 1.807) is 0 Å². The van der Waals surface area contributed by atoms with Gasteiger partial charge in [-0.15, -0.1) is 0 Å². The number of aliphatic hydroxyl groups is 1. The molecule has 2 heterocycles. The smallest absolute Gasteiger partial charge is 0.222 e. The van der Waals surface area contributed by atoms with Gasteiger partial charge in [0.15, 0.2) is 0 Å². The largest absolute Gasteiger partial charge is 0.389 e. The predicted molar refractivity (Wildman–Crippen MR) is 95.3 cm³/mol. The number of aliphatic hydroxyl groups excluding tert-OH is 1. The van der Waals surface area contributed by atoms with Gasteiger partial charge in [-0.3, -0.25) is 9.69 Å². The molecule has 2 atom stereocenters. The first-order valence-electron chi connectivity index (χ1n) is 9.55. The molecule has 5 nitrogen and oxygen atoms in total. The van der Waals surface area contributed by atoms with Gasteiger partial charge in [0.2, 0.25) is 5.91 Å². The van der Waals surface area contributed by atoms with E-state index in [2.05, 4.69) is 29.2 Å². The molecule has 0 spiro atoms. The van der Waals surface area contributed by atoms with Crippen LogP contribution in [0.4, 0.5) is 0 Å². The third-order valence-corrected chi connectivity index (χ3v) is 5.97. The lowest BCUT2D eigenvalue weighted by Gasteiger charge is -2.28. The van der Waals surface area contributed by atoms with E-state index in [0.29, 0.717) is 31.5 Å². The Morgan fingerprint density at radius 2 is 1.84 bits per heavy atom. The van der Waals surface area contributed by atoms with Crippen LogP contribution in [0.15, 0.2) is 24.3 Å². The van der Waals surface area contributed by atoms with Crippen LogP contribution in [0.2, 0.25) is 0 Å². The zero-order valence-electron chi connectivity index (χ0n) is 14.8. The molecule has 3 aliphatic rings. The second-order valence-corrected chi connectivity index (χ2v) is 7.69. The van der Waals surface area contributed by atoms with Crippen LogP contribution in [-0.4, -0.2) is 72.4 Å². The van der Waals surface area contributed by atoms with Crippen molar-refractivity contribution in [3.05, 3.63) is 35.4 Å². The lowest BCUT2D eigenvalue weighted by molar-refractivity contribution is -0.132. The van der Waals surface area contributed by atoms with Crippen LogP contribution >= 0.6 is 0 Å². The predicted octanol–water partition coefficient (Wildman–Crippen LogP) is 1.09. The highest BCUT2D eigenvalue weighted by Crippen LogP contribution is 2.29. The summed E-state index contributed by atoms with van der Waals surface area (Å²) in [4.78, 5) is 17.1. The zero-order valence-corrected chi connectivity index (χ0v) is 14.8. The molecule has 0 radical (unpaired) electrons. The highest BCUT2D eigenvalue weighted by atomic mass is 16.5. The Balaban J connectivity index is 1.30. The molecule has 1 N–H and O–H groups in total. The molecule has 1 aliphatic carbocycles. The number of fused-ring (bicyclic) bond motifs is 1. The number of hydrogen-bond acceptors (Lipinski definition) is 4. The van der Waals surface area contributed by atoms with Crippen molar-refractivity contribution in [2.24, 2.45) is 5.92 Å². The molecular weight excluding hydrogens is 316 g/mol. The van der Waals surface area contributed by atoms with Crippen molar-refractivity contribution in [3.8, 4) is 0 Å². The number of carbonyl (C=O) groups excluding carboxylic acids is 1. The molecule has 2 fully saturated rings. The van der Waals surface area contributed by atoms with Crippen molar-refractivity contribution in [1.82, 2.24) is 9.80 Å². The maximum atomic E-state index is 12.8. The lowest BCUT2D eigenvalue weighted by Crippen LogP contribution is -2.45. The van der Waals surface area contributed by atoms with Gasteiger partial charge in [0.1, 0.15) is 0 Å². The third kappa shape index (κ3) is 3.73. The summed E-state index contributed by atoms with van der Waals surface area (Å²) in [5, 5.41) is 10.0. The van der Waals surface area contributed by atoms with Gasteiger partial charge in [-0.2, -0.15) is 0 Å². The Bertz CT molecular complexity index is 596. The molecular formula is C20H28N2O3. The quantitative estimate of drug-likeness (QED) is 0.892. The van der Waals surface area contributed by atoms with Gasteiger partial charge >= 0.3 is 0 Å². The molecule has 2 aliphatic heterocycles. The molecule has 0 aromatic heterocycles. The van der Waals surface area contributed by atoms with E-state index in [1.165, 1.54) is 11.1 Å². The molecule has 2 saturated heterocycles. The first-order chi connectivity index (χ1) is 12.2. The van der Waals surface area contributed by atoms with Crippen LogP contribution in [0.5, 0.6) is 0 Å². The molecule has 136 valence electrons. The van der Waals surface area contributed by atoms with Crippen molar-refractivity contribution >= 4 is 5.91 Å². The number of rotatable bonds is 3. The molecule has 4 rings (SSSR count). The van der Waals surface area contributed by atoms with Crippen molar-refractivity contribution in [2.45, 2.75) is 37.8 Å². The Morgan fingerprint density at radius 1 is 1.08 bits per heavy atom. The minimum atomic E-state index is -0.390. The summed E-state index contributed by atoms with van der Waals surface area (Å²) in [5.41, 5.74) is 2.83. The van der Waals surface area contributed by atoms with E-state index in [-0.39, 0.29) is 12.1 Å². The van der Waals surface area contributed by atoms with E-state index in [4.69, 9.17) is 4.74 Å². The first-order valence-corrected chi connectivity index (χ1v) is 9.55. The van der Waals surface area contributed by atoms with Crippen LogP contribution in [-0.2, 0) is 22.4 Å². The SMILES string of the molecule is O=C(CC1Cc2ccccc2C1)N1CCCN(C2COCC2O)CC1. The summed E-state index contributed by atoms with van der Waals surface area (Å²) in [5.74, 6) is 0.747. The maximum absolute atomic E-state index is 12.8.